The molecule has 0 spiro atoms. The number of pyridine rings is 1. The average molecular weight is 549 g/mol. The Morgan fingerprint density at radius 3 is 2.36 bits per heavy atom. The van der Waals surface area contributed by atoms with Crippen molar-refractivity contribution in [3.8, 4) is 34.1 Å². The van der Waals surface area contributed by atoms with Crippen molar-refractivity contribution in [3.63, 3.8) is 0 Å². The summed E-state index contributed by atoms with van der Waals surface area (Å²) < 4.78 is 4.56. The summed E-state index contributed by atoms with van der Waals surface area (Å²) in [6.07, 6.45) is 1.92. The summed E-state index contributed by atoms with van der Waals surface area (Å²) in [5.74, 6) is 2.00. The molecule has 0 amide bonds. The molecule has 1 aliphatic heterocycles. The van der Waals surface area contributed by atoms with E-state index in [1.807, 2.05) is 12.3 Å². The van der Waals surface area contributed by atoms with Crippen molar-refractivity contribution in [2.24, 2.45) is 0 Å². The lowest BCUT2D eigenvalue weighted by Crippen LogP contribution is -2.23. The van der Waals surface area contributed by atoms with Gasteiger partial charge in [0.15, 0.2) is 0 Å². The van der Waals surface area contributed by atoms with Crippen LogP contribution in [0.15, 0.2) is 97.2 Å². The quantitative estimate of drug-likeness (QED) is 0.235. The van der Waals surface area contributed by atoms with Gasteiger partial charge in [0, 0.05) is 22.5 Å². The smallest absolute Gasteiger partial charge is 0.146 e. The van der Waals surface area contributed by atoms with E-state index in [1.165, 1.54) is 16.3 Å². The van der Waals surface area contributed by atoms with Crippen LogP contribution in [-0.2, 0) is 11.0 Å². The van der Waals surface area contributed by atoms with Crippen LogP contribution in [0, 0.1) is 0 Å². The highest BCUT2D eigenvalue weighted by Crippen LogP contribution is 2.50. The number of phenols is 1. The first-order chi connectivity index (χ1) is 20.1. The molecule has 0 saturated heterocycles. The fourth-order valence-corrected chi connectivity index (χ4v) is 6.86. The Kier molecular flexibility index (Phi) is 4.93. The van der Waals surface area contributed by atoms with Gasteiger partial charge in [0.25, 0.3) is 0 Å². The first-order valence-electron chi connectivity index (χ1n) is 14.5. The van der Waals surface area contributed by atoms with Gasteiger partial charge in [-0.05, 0) is 72.4 Å². The van der Waals surface area contributed by atoms with E-state index in [0.717, 1.165) is 56.0 Å². The highest BCUT2D eigenvalue weighted by atomic mass is 16.3. The Bertz CT molecular complexity index is 2230. The Morgan fingerprint density at radius 2 is 1.52 bits per heavy atom. The molecule has 0 saturated carbocycles. The molecular weight excluding hydrogens is 516 g/mol. The third-order valence-corrected chi connectivity index (χ3v) is 8.99. The van der Waals surface area contributed by atoms with Crippen molar-refractivity contribution in [1.29, 1.82) is 0 Å². The van der Waals surface area contributed by atoms with Crippen LogP contribution in [0.1, 0.15) is 45.7 Å². The summed E-state index contributed by atoms with van der Waals surface area (Å²) in [6.45, 7) is 11.1. The number of phenolic OH excluding ortho intramolecular Hbond substituents is 1. The Labute approximate surface area is 244 Å². The minimum Gasteiger partial charge on any atom is -0.507 e. The molecule has 1 N–H and O–H groups in total. The van der Waals surface area contributed by atoms with E-state index >= 15 is 0 Å². The second-order valence-corrected chi connectivity index (χ2v) is 12.9. The first kappa shape index (κ1) is 24.9. The van der Waals surface area contributed by atoms with Crippen LogP contribution in [0.2, 0.25) is 0 Å². The molecule has 5 heteroatoms. The molecule has 0 radical (unpaired) electrons. The largest absolute Gasteiger partial charge is 0.507 e. The number of para-hydroxylation sites is 2. The average Bonchev–Trinajstić information content (AvgIpc) is 3.59. The van der Waals surface area contributed by atoms with Crippen LogP contribution < -0.4 is 0 Å². The summed E-state index contributed by atoms with van der Waals surface area (Å²) in [6, 6.07) is 31.7. The Hall–Kier alpha value is -4.90. The van der Waals surface area contributed by atoms with Crippen LogP contribution in [0.3, 0.4) is 0 Å². The van der Waals surface area contributed by atoms with Gasteiger partial charge in [-0.25, -0.2) is 9.97 Å². The minimum absolute atomic E-state index is 0.0135. The summed E-state index contributed by atoms with van der Waals surface area (Å²) in [4.78, 5) is 10.0. The molecule has 42 heavy (non-hydrogen) atoms. The molecule has 5 nitrogen and oxygen atoms in total. The number of rotatable bonds is 2. The normalized spacial score (nSPS) is 14.1. The number of hydrogen-bond donors (Lipinski definition) is 1. The zero-order chi connectivity index (χ0) is 29.0. The monoisotopic (exact) mass is 548 g/mol. The van der Waals surface area contributed by atoms with Gasteiger partial charge in [-0.1, -0.05) is 75.4 Å². The summed E-state index contributed by atoms with van der Waals surface area (Å²) in [7, 11) is 0. The summed E-state index contributed by atoms with van der Waals surface area (Å²) >= 11 is 0. The second-order valence-electron chi connectivity index (χ2n) is 12.9. The topological polar surface area (TPSA) is 55.9 Å². The van der Waals surface area contributed by atoms with Crippen LogP contribution >= 0.6 is 0 Å². The number of fused-ring (bicyclic) bond motifs is 8. The van der Waals surface area contributed by atoms with Crippen molar-refractivity contribution in [1.82, 2.24) is 19.1 Å². The second kappa shape index (κ2) is 8.32. The van der Waals surface area contributed by atoms with Gasteiger partial charge in [0.05, 0.1) is 33.2 Å². The van der Waals surface area contributed by atoms with Gasteiger partial charge in [0.1, 0.15) is 17.4 Å². The standard InChI is InChI=1S/C37H32N4O/c1-36(2,3)23-18-19-38-32(21-23)40-28-13-7-6-10-25(28)26-17-16-22(20-30(26)40)24-11-8-14-29-34(24)39-35-33-27(12-9-15-31(33)42)37(4,5)41(29)35/h6-21,42H,1-5H3. The number of benzene rings is 4. The minimum atomic E-state index is -0.336. The maximum Gasteiger partial charge on any atom is 0.146 e. The number of aromatic hydroxyl groups is 1. The van der Waals surface area contributed by atoms with Crippen molar-refractivity contribution < 1.29 is 5.11 Å². The molecule has 4 aromatic carbocycles. The fourth-order valence-electron chi connectivity index (χ4n) is 6.86. The van der Waals surface area contributed by atoms with Gasteiger partial charge in [0.2, 0.25) is 0 Å². The molecule has 3 aromatic heterocycles. The van der Waals surface area contributed by atoms with Crippen LogP contribution in [0.5, 0.6) is 5.75 Å². The molecule has 7 aromatic rings. The van der Waals surface area contributed by atoms with E-state index in [2.05, 4.69) is 123 Å². The predicted molar refractivity (Wildman–Crippen MR) is 172 cm³/mol. The van der Waals surface area contributed by atoms with E-state index < -0.39 is 0 Å². The lowest BCUT2D eigenvalue weighted by molar-refractivity contribution is 0.467. The van der Waals surface area contributed by atoms with Crippen molar-refractivity contribution >= 4 is 32.8 Å². The highest BCUT2D eigenvalue weighted by molar-refractivity contribution is 6.10. The van der Waals surface area contributed by atoms with E-state index in [1.54, 1.807) is 6.07 Å². The molecule has 0 bridgehead atoms. The van der Waals surface area contributed by atoms with E-state index in [9.17, 15) is 5.11 Å². The summed E-state index contributed by atoms with van der Waals surface area (Å²) in [5.41, 5.74) is 9.24. The van der Waals surface area contributed by atoms with Gasteiger partial charge in [-0.15, -0.1) is 0 Å². The van der Waals surface area contributed by atoms with Crippen molar-refractivity contribution in [2.75, 3.05) is 0 Å². The molecule has 0 fully saturated rings. The Morgan fingerprint density at radius 1 is 0.762 bits per heavy atom. The van der Waals surface area contributed by atoms with Crippen molar-refractivity contribution in [3.05, 3.63) is 108 Å². The number of imidazole rings is 1. The third kappa shape index (κ3) is 3.31. The number of aromatic nitrogens is 4. The fraction of sp³-hybridized carbons (Fsp3) is 0.189. The molecule has 4 heterocycles. The highest BCUT2D eigenvalue weighted by Gasteiger charge is 2.39. The zero-order valence-corrected chi connectivity index (χ0v) is 24.5. The van der Waals surface area contributed by atoms with E-state index in [0.29, 0.717) is 0 Å². The maximum absolute atomic E-state index is 10.9. The van der Waals surface area contributed by atoms with Crippen LogP contribution in [0.4, 0.5) is 0 Å². The van der Waals surface area contributed by atoms with Gasteiger partial charge >= 0.3 is 0 Å². The summed E-state index contributed by atoms with van der Waals surface area (Å²) in [5, 5.41) is 13.3. The molecule has 8 rings (SSSR count). The van der Waals surface area contributed by atoms with Crippen LogP contribution in [-0.4, -0.2) is 24.2 Å². The number of nitrogens with zero attached hydrogens (tertiary/aromatic N) is 4. The van der Waals surface area contributed by atoms with Crippen molar-refractivity contribution in [2.45, 2.75) is 45.6 Å². The number of hydrogen-bond acceptors (Lipinski definition) is 3. The molecule has 1 aliphatic rings. The predicted octanol–water partition coefficient (Wildman–Crippen LogP) is 8.96. The molecular formula is C37H32N4O. The zero-order valence-electron chi connectivity index (χ0n) is 24.5. The van der Waals surface area contributed by atoms with Gasteiger partial charge < -0.3 is 9.67 Å². The molecule has 0 unspecified atom stereocenters. The van der Waals surface area contributed by atoms with Gasteiger partial charge in [-0.3, -0.25) is 4.57 Å². The SMILES string of the molecule is CC(C)(C)c1ccnc(-n2c3ccccc3c3ccc(-c4cccc5c4nc4n5C(C)(C)c5cccc(O)c5-4)cc32)c1. The van der Waals surface area contributed by atoms with E-state index in [4.69, 9.17) is 9.97 Å². The molecule has 0 aliphatic carbocycles. The maximum atomic E-state index is 10.9. The lowest BCUT2D eigenvalue weighted by Gasteiger charge is -2.24. The molecule has 0 atom stereocenters. The van der Waals surface area contributed by atoms with Crippen LogP contribution in [0.25, 0.3) is 61.2 Å². The lowest BCUT2D eigenvalue weighted by atomic mass is 9.88. The van der Waals surface area contributed by atoms with Gasteiger partial charge in [-0.2, -0.15) is 0 Å². The molecule has 206 valence electrons. The first-order valence-corrected chi connectivity index (χ1v) is 14.5. The van der Waals surface area contributed by atoms with E-state index in [-0.39, 0.29) is 16.7 Å². The Balaban J connectivity index is 1.39. The third-order valence-electron chi connectivity index (χ3n) is 8.99.